The summed E-state index contributed by atoms with van der Waals surface area (Å²) in [5.41, 5.74) is 3.99. The van der Waals surface area contributed by atoms with Gasteiger partial charge in [0, 0.05) is 49.4 Å². The first kappa shape index (κ1) is 20.0. The molecule has 6 nitrogen and oxygen atoms in total. The Morgan fingerprint density at radius 1 is 1.14 bits per heavy atom. The number of rotatable bonds is 3. The summed E-state index contributed by atoms with van der Waals surface area (Å²) < 4.78 is 37.4. The Morgan fingerprint density at radius 2 is 1.97 bits per heavy atom. The van der Waals surface area contributed by atoms with Crippen molar-refractivity contribution in [1.29, 1.82) is 0 Å². The minimum absolute atomic E-state index is 0. The van der Waals surface area contributed by atoms with Crippen molar-refractivity contribution >= 4 is 16.9 Å². The van der Waals surface area contributed by atoms with Crippen molar-refractivity contribution < 1.29 is 39.8 Å². The van der Waals surface area contributed by atoms with Crippen LogP contribution in [0.25, 0.3) is 11.0 Å². The average molecular weight is 649 g/mol. The molecule has 180 valence electrons. The molecule has 2 aromatic carbocycles. The SMILES string of the molecule is [2H]C([2H])([2H])[C@@]12N=C(c3[c-]c(Oc4ccc5nc(C)cc(O)c5n4)c(C)c(C)c3)O[C@@H]1Cc1ccccc12.[Pt]. The quantitative estimate of drug-likeness (QED) is 0.299. The van der Waals surface area contributed by atoms with Gasteiger partial charge in [0.25, 0.3) is 0 Å². The summed E-state index contributed by atoms with van der Waals surface area (Å²) >= 11 is 0. The molecule has 7 heteroatoms. The molecule has 2 aliphatic rings. The summed E-state index contributed by atoms with van der Waals surface area (Å²) in [5.74, 6) is 0.929. The molecule has 0 saturated heterocycles. The van der Waals surface area contributed by atoms with Gasteiger partial charge in [-0.05, 0) is 31.0 Å². The van der Waals surface area contributed by atoms with Crippen LogP contribution < -0.4 is 4.74 Å². The summed E-state index contributed by atoms with van der Waals surface area (Å²) in [6.07, 6.45) is -0.166. The van der Waals surface area contributed by atoms with Gasteiger partial charge in [0.2, 0.25) is 5.88 Å². The Labute approximate surface area is 222 Å². The van der Waals surface area contributed by atoms with Crippen LogP contribution in [0, 0.1) is 26.8 Å². The second kappa shape index (κ2) is 8.46. The van der Waals surface area contributed by atoms with Gasteiger partial charge in [0.15, 0.2) is 0 Å². The van der Waals surface area contributed by atoms with Gasteiger partial charge in [-0.3, -0.25) is 9.98 Å². The van der Waals surface area contributed by atoms with Crippen molar-refractivity contribution in [2.75, 3.05) is 0 Å². The van der Waals surface area contributed by atoms with Crippen LogP contribution in [0.1, 0.15) is 44.5 Å². The van der Waals surface area contributed by atoms with E-state index in [0.717, 1.165) is 16.7 Å². The number of nitrogens with zero attached hydrogens (tertiary/aromatic N) is 3. The first-order valence-corrected chi connectivity index (χ1v) is 11.1. The molecule has 4 aromatic rings. The minimum atomic E-state index is -2.39. The maximum atomic E-state index is 10.3. The van der Waals surface area contributed by atoms with E-state index in [2.05, 4.69) is 16.0 Å². The molecule has 0 unspecified atom stereocenters. The molecule has 2 aromatic heterocycles. The van der Waals surface area contributed by atoms with Gasteiger partial charge in [-0.1, -0.05) is 55.3 Å². The molecule has 3 heterocycles. The van der Waals surface area contributed by atoms with Gasteiger partial charge in [-0.15, -0.1) is 11.6 Å². The Bertz CT molecular complexity index is 1620. The van der Waals surface area contributed by atoms with Gasteiger partial charge < -0.3 is 14.6 Å². The van der Waals surface area contributed by atoms with E-state index in [1.165, 1.54) is 0 Å². The standard InChI is InChI=1S/C28H24N3O3.Pt/c1-15-11-19(27-31-28(4)20-8-6-5-7-18(20)14-24(28)34-27)13-23(17(15)3)33-25-10-9-21-26(30-25)22(32)12-16(2)29-21;/h5-12,24H,14H2,1-4H3,(H,29,32);/q-1;/t24-,28+;/m1./s1/i4D3;. The number of hydrogen-bond acceptors (Lipinski definition) is 6. The fourth-order valence-electron chi connectivity index (χ4n) is 4.63. The number of pyridine rings is 2. The van der Waals surface area contributed by atoms with Crippen molar-refractivity contribution in [3.8, 4) is 17.4 Å². The zero-order chi connectivity index (χ0) is 26.1. The number of fused-ring (bicyclic) bond motifs is 4. The number of hydrogen-bond donors (Lipinski definition) is 1. The molecule has 0 spiro atoms. The molecule has 0 fully saturated rings. The van der Waals surface area contributed by atoms with Crippen molar-refractivity contribution in [3.05, 3.63) is 88.1 Å². The van der Waals surface area contributed by atoms with Crippen LogP contribution in [0.15, 0.2) is 53.5 Å². The largest absolute Gasteiger partial charge is 0.514 e. The summed E-state index contributed by atoms with van der Waals surface area (Å²) in [5, 5.41) is 10.3. The van der Waals surface area contributed by atoms with E-state index in [4.69, 9.17) is 18.6 Å². The van der Waals surface area contributed by atoms with Crippen LogP contribution in [-0.2, 0) is 37.8 Å². The molecule has 0 amide bonds. The fourth-order valence-corrected chi connectivity index (χ4v) is 4.63. The summed E-state index contributed by atoms with van der Waals surface area (Å²) in [6.45, 7) is 3.24. The number of benzene rings is 2. The molecular weight excluding hydrogens is 621 g/mol. The Balaban J connectivity index is 0.00000294. The van der Waals surface area contributed by atoms with E-state index in [9.17, 15) is 5.11 Å². The second-order valence-corrected chi connectivity index (χ2v) is 8.87. The third-order valence-corrected chi connectivity index (χ3v) is 6.54. The molecular formula is C28H24N3O3Pt-. The average Bonchev–Trinajstić information content (AvgIpc) is 3.37. The Kier molecular flexibility index (Phi) is 4.83. The van der Waals surface area contributed by atoms with Crippen molar-refractivity contribution in [1.82, 2.24) is 9.97 Å². The molecule has 0 saturated carbocycles. The molecule has 1 N–H and O–H groups in total. The number of aliphatic imine (C=N–C) groups is 1. The first-order valence-electron chi connectivity index (χ1n) is 12.6. The number of aromatic hydroxyl groups is 1. The summed E-state index contributed by atoms with van der Waals surface area (Å²) in [4.78, 5) is 13.6. The van der Waals surface area contributed by atoms with Crippen LogP contribution in [0.2, 0.25) is 0 Å². The maximum Gasteiger partial charge on any atom is 0.217 e. The molecule has 0 bridgehead atoms. The summed E-state index contributed by atoms with van der Waals surface area (Å²) in [7, 11) is 0. The zero-order valence-electron chi connectivity index (χ0n) is 22.3. The number of ether oxygens (including phenoxy) is 2. The normalized spacial score (nSPS) is 21.6. The second-order valence-electron chi connectivity index (χ2n) is 8.87. The van der Waals surface area contributed by atoms with E-state index >= 15 is 0 Å². The molecule has 1 aliphatic carbocycles. The molecule has 1 aliphatic heterocycles. The van der Waals surface area contributed by atoms with Gasteiger partial charge in [-0.25, -0.2) is 4.98 Å². The predicted molar refractivity (Wildman–Crippen MR) is 130 cm³/mol. The van der Waals surface area contributed by atoms with Crippen LogP contribution >= 0.6 is 0 Å². The van der Waals surface area contributed by atoms with E-state index in [1.807, 2.05) is 44.2 Å². The van der Waals surface area contributed by atoms with Gasteiger partial charge in [0.05, 0.1) is 11.3 Å². The molecule has 2 atom stereocenters. The van der Waals surface area contributed by atoms with Gasteiger partial charge in [-0.2, -0.15) is 0 Å². The number of aromatic nitrogens is 2. The van der Waals surface area contributed by atoms with E-state index in [1.54, 1.807) is 25.1 Å². The molecule has 6 rings (SSSR count). The minimum Gasteiger partial charge on any atom is -0.514 e. The van der Waals surface area contributed by atoms with E-state index in [0.29, 0.717) is 40.0 Å². The fraction of sp³-hybridized carbons (Fsp3) is 0.250. The summed E-state index contributed by atoms with van der Waals surface area (Å²) in [6, 6.07) is 17.5. The van der Waals surface area contributed by atoms with Crippen LogP contribution in [0.3, 0.4) is 0 Å². The molecule has 0 radical (unpaired) electrons. The van der Waals surface area contributed by atoms with Crippen LogP contribution in [0.5, 0.6) is 17.4 Å². The number of aryl methyl sites for hydroxylation is 2. The predicted octanol–water partition coefficient (Wildman–Crippen LogP) is 5.47. The van der Waals surface area contributed by atoms with Gasteiger partial charge in [0.1, 0.15) is 28.8 Å². The zero-order valence-corrected chi connectivity index (χ0v) is 21.6. The first-order chi connectivity index (χ1) is 17.6. The van der Waals surface area contributed by atoms with E-state index in [-0.39, 0.29) is 38.6 Å². The third kappa shape index (κ3) is 3.81. The topological polar surface area (TPSA) is 76.8 Å². The van der Waals surface area contributed by atoms with Crippen LogP contribution in [0.4, 0.5) is 0 Å². The van der Waals surface area contributed by atoms with Crippen molar-refractivity contribution in [3.63, 3.8) is 0 Å². The molecule has 35 heavy (non-hydrogen) atoms. The smallest absolute Gasteiger partial charge is 0.217 e. The van der Waals surface area contributed by atoms with Gasteiger partial charge >= 0.3 is 0 Å². The monoisotopic (exact) mass is 648 g/mol. The van der Waals surface area contributed by atoms with Crippen LogP contribution in [-0.4, -0.2) is 27.1 Å². The van der Waals surface area contributed by atoms with Crippen molar-refractivity contribution in [2.45, 2.75) is 45.7 Å². The maximum absolute atomic E-state index is 10.3. The van der Waals surface area contributed by atoms with E-state index < -0.39 is 18.5 Å². The third-order valence-electron chi connectivity index (χ3n) is 6.54. The Hall–Kier alpha value is -3.24. The Morgan fingerprint density at radius 3 is 2.80 bits per heavy atom. The van der Waals surface area contributed by atoms with Crippen molar-refractivity contribution in [2.24, 2.45) is 4.99 Å².